The highest BCUT2D eigenvalue weighted by molar-refractivity contribution is 6.22. The molecule has 1 aromatic rings. The molecule has 0 saturated carbocycles. The van der Waals surface area contributed by atoms with E-state index in [0.717, 1.165) is 30.6 Å². The number of nitrogens with two attached hydrogens (primary N) is 1. The number of benzene rings is 1. The van der Waals surface area contributed by atoms with E-state index in [1.165, 1.54) is 6.07 Å². The molecule has 1 atom stereocenters. The maximum Gasteiger partial charge on any atom is 0.407 e. The number of fused-ring (bicyclic) bond motifs is 1. The van der Waals surface area contributed by atoms with Crippen LogP contribution >= 0.6 is 0 Å². The van der Waals surface area contributed by atoms with Crippen LogP contribution < -0.4 is 16.5 Å². The molecule has 2 rings (SSSR count). The number of amides is 4. The van der Waals surface area contributed by atoms with Crippen LogP contribution in [0.15, 0.2) is 18.2 Å². The second-order valence-corrected chi connectivity index (χ2v) is 9.55. The molecule has 0 radical (unpaired) electrons. The molecule has 0 aliphatic carbocycles. The van der Waals surface area contributed by atoms with Crippen LogP contribution in [-0.4, -0.2) is 59.7 Å². The molecular weight excluding hydrogens is 468 g/mol. The molecule has 36 heavy (non-hydrogen) atoms. The van der Waals surface area contributed by atoms with Crippen LogP contribution in [0.2, 0.25) is 0 Å². The van der Waals surface area contributed by atoms with Gasteiger partial charge >= 0.3 is 6.09 Å². The smallest absolute Gasteiger partial charge is 0.407 e. The third kappa shape index (κ3) is 8.72. The van der Waals surface area contributed by atoms with Gasteiger partial charge in [0.1, 0.15) is 17.9 Å². The molecule has 11 nitrogen and oxygen atoms in total. The summed E-state index contributed by atoms with van der Waals surface area (Å²) in [7, 11) is 0. The molecule has 0 spiro atoms. The van der Waals surface area contributed by atoms with E-state index < -0.39 is 35.5 Å². The maximum atomic E-state index is 12.8. The number of carbonyl (C=O) groups excluding carboxylic acids is 5. The number of hydroxylamine groups is 1. The van der Waals surface area contributed by atoms with Crippen LogP contribution in [0.5, 0.6) is 0 Å². The Labute approximate surface area is 211 Å². The van der Waals surface area contributed by atoms with Gasteiger partial charge in [0.2, 0.25) is 5.91 Å². The number of hydrogen-bond acceptors (Lipinski definition) is 8. The lowest BCUT2D eigenvalue weighted by Crippen LogP contribution is -2.47. The number of imide groups is 1. The Hall–Kier alpha value is -3.31. The molecule has 0 bridgehead atoms. The summed E-state index contributed by atoms with van der Waals surface area (Å²) in [6, 6.07) is 3.60. The number of aldehydes is 1. The van der Waals surface area contributed by atoms with Crippen LogP contribution in [0, 0.1) is 0 Å². The highest BCUT2D eigenvalue weighted by Gasteiger charge is 2.42. The van der Waals surface area contributed by atoms with Crippen molar-refractivity contribution in [3.8, 4) is 0 Å². The predicted molar refractivity (Wildman–Crippen MR) is 131 cm³/mol. The second-order valence-electron chi connectivity index (χ2n) is 9.55. The Bertz CT molecular complexity index is 958. The van der Waals surface area contributed by atoms with Crippen molar-refractivity contribution in [2.75, 3.05) is 13.1 Å². The largest absolute Gasteiger partial charge is 0.444 e. The molecule has 0 fully saturated rings. The van der Waals surface area contributed by atoms with Crippen molar-refractivity contribution in [2.24, 2.45) is 5.73 Å². The molecule has 1 aliphatic heterocycles. The van der Waals surface area contributed by atoms with E-state index in [9.17, 15) is 24.0 Å². The zero-order valence-corrected chi connectivity index (χ0v) is 21.1. The van der Waals surface area contributed by atoms with E-state index in [2.05, 4.69) is 10.8 Å². The summed E-state index contributed by atoms with van der Waals surface area (Å²) in [6.45, 7) is 6.83. The van der Waals surface area contributed by atoms with Gasteiger partial charge in [0.15, 0.2) is 0 Å². The van der Waals surface area contributed by atoms with Gasteiger partial charge in [-0.25, -0.2) is 10.3 Å². The van der Waals surface area contributed by atoms with Crippen molar-refractivity contribution in [2.45, 2.75) is 77.5 Å². The first-order chi connectivity index (χ1) is 17.0. The van der Waals surface area contributed by atoms with Gasteiger partial charge in [0.25, 0.3) is 11.8 Å². The van der Waals surface area contributed by atoms with Gasteiger partial charge in [-0.2, -0.15) is 0 Å². The van der Waals surface area contributed by atoms with Crippen molar-refractivity contribution >= 4 is 30.1 Å². The Morgan fingerprint density at radius 1 is 1.06 bits per heavy atom. The maximum absolute atomic E-state index is 12.8. The van der Waals surface area contributed by atoms with Crippen LogP contribution in [-0.2, 0) is 25.8 Å². The molecular formula is C25H36N4O7. The monoisotopic (exact) mass is 504 g/mol. The molecule has 1 heterocycles. The van der Waals surface area contributed by atoms with Crippen molar-refractivity contribution < 1.29 is 33.5 Å². The van der Waals surface area contributed by atoms with E-state index in [-0.39, 0.29) is 30.6 Å². The number of ether oxygens (including phenoxy) is 1. The number of rotatable bonds is 15. The van der Waals surface area contributed by atoms with Crippen molar-refractivity contribution in [3.63, 3.8) is 0 Å². The predicted octanol–water partition coefficient (Wildman–Crippen LogP) is 2.22. The zero-order valence-electron chi connectivity index (χ0n) is 21.1. The first-order valence-electron chi connectivity index (χ1n) is 12.1. The Morgan fingerprint density at radius 2 is 1.72 bits per heavy atom. The Kier molecular flexibility index (Phi) is 11.0. The van der Waals surface area contributed by atoms with Crippen LogP contribution in [0.1, 0.15) is 85.6 Å². The van der Waals surface area contributed by atoms with Gasteiger partial charge < -0.3 is 20.6 Å². The Morgan fingerprint density at radius 3 is 2.36 bits per heavy atom. The molecule has 1 unspecified atom stereocenters. The summed E-state index contributed by atoms with van der Waals surface area (Å²) in [4.78, 5) is 65.8. The van der Waals surface area contributed by atoms with Gasteiger partial charge in [-0.1, -0.05) is 18.9 Å². The minimum atomic E-state index is -1.17. The summed E-state index contributed by atoms with van der Waals surface area (Å²) in [5.41, 5.74) is 8.79. The number of unbranched alkanes of at least 4 members (excludes halogenated alkanes) is 3. The normalized spacial score (nSPS) is 13.9. The third-order valence-electron chi connectivity index (χ3n) is 5.40. The van der Waals surface area contributed by atoms with E-state index >= 15 is 0 Å². The standard InChI is InChI=1S/C25H36N4O7/c1-25(2,3)36-24(34)27-12-6-4-5-7-13-28-35-16-17-10-11-18-19(15-17)23(33)29(22(18)32)20(21(26)31)9-8-14-30/h10-11,14-15,20,28H,4-9,12-13,16H2,1-3H3,(H2,26,31)(H,27,34). The SMILES string of the molecule is CC(C)(C)OC(=O)NCCCCCCNOCc1ccc2c(c1)C(=O)N(C(CCC=O)C(N)=O)C2=O. The molecule has 11 heteroatoms. The number of carbonyl (C=O) groups is 5. The average Bonchev–Trinajstić information content (AvgIpc) is 3.04. The van der Waals surface area contributed by atoms with Gasteiger partial charge in [-0.15, -0.1) is 0 Å². The lowest BCUT2D eigenvalue weighted by atomic mass is 10.1. The van der Waals surface area contributed by atoms with Crippen LogP contribution in [0.4, 0.5) is 4.79 Å². The first-order valence-corrected chi connectivity index (χ1v) is 12.1. The molecule has 4 N–H and O–H groups in total. The number of alkyl carbamates (subject to hydrolysis) is 1. The summed E-state index contributed by atoms with van der Waals surface area (Å²) >= 11 is 0. The van der Waals surface area contributed by atoms with Crippen molar-refractivity contribution in [3.05, 3.63) is 34.9 Å². The number of nitrogens with zero attached hydrogens (tertiary/aromatic N) is 1. The van der Waals surface area contributed by atoms with Crippen LogP contribution in [0.3, 0.4) is 0 Å². The number of hydrogen-bond donors (Lipinski definition) is 3. The molecule has 4 amide bonds. The third-order valence-corrected chi connectivity index (χ3v) is 5.40. The molecule has 198 valence electrons. The van der Waals surface area contributed by atoms with Crippen molar-refractivity contribution in [1.29, 1.82) is 0 Å². The topological polar surface area (TPSA) is 157 Å². The molecule has 0 aromatic heterocycles. The average molecular weight is 505 g/mol. The number of primary amides is 1. The van der Waals surface area contributed by atoms with E-state index in [0.29, 0.717) is 24.9 Å². The molecule has 1 aliphatic rings. The van der Waals surface area contributed by atoms with E-state index in [1.807, 2.05) is 20.8 Å². The quantitative estimate of drug-likeness (QED) is 0.142. The van der Waals surface area contributed by atoms with Crippen LogP contribution in [0.25, 0.3) is 0 Å². The van der Waals surface area contributed by atoms with E-state index in [1.54, 1.807) is 12.1 Å². The van der Waals surface area contributed by atoms with Gasteiger partial charge in [0.05, 0.1) is 17.7 Å². The van der Waals surface area contributed by atoms with E-state index in [4.69, 9.17) is 15.3 Å². The first kappa shape index (κ1) is 28.9. The lowest BCUT2D eigenvalue weighted by molar-refractivity contribution is -0.122. The highest BCUT2D eigenvalue weighted by atomic mass is 16.6. The minimum Gasteiger partial charge on any atom is -0.444 e. The van der Waals surface area contributed by atoms with Gasteiger partial charge in [-0.05, 0) is 57.7 Å². The summed E-state index contributed by atoms with van der Waals surface area (Å²) in [5.74, 6) is -2.05. The lowest BCUT2D eigenvalue weighted by Gasteiger charge is -2.22. The molecule has 0 saturated heterocycles. The fourth-order valence-electron chi connectivity index (χ4n) is 3.69. The molecule has 1 aromatic carbocycles. The number of nitrogens with one attached hydrogen (secondary N) is 2. The zero-order chi connectivity index (χ0) is 26.7. The van der Waals surface area contributed by atoms with Gasteiger partial charge in [0, 0.05) is 19.5 Å². The fraction of sp³-hybridized carbons (Fsp3) is 0.560. The summed E-state index contributed by atoms with van der Waals surface area (Å²) in [6.07, 6.45) is 3.85. The van der Waals surface area contributed by atoms with Crippen molar-refractivity contribution in [1.82, 2.24) is 15.7 Å². The minimum absolute atomic E-state index is 0.00867. The second kappa shape index (κ2) is 13.7. The highest BCUT2D eigenvalue weighted by Crippen LogP contribution is 2.27. The fourth-order valence-corrected chi connectivity index (χ4v) is 3.69. The Balaban J connectivity index is 1.69. The summed E-state index contributed by atoms with van der Waals surface area (Å²) < 4.78 is 5.18. The van der Waals surface area contributed by atoms with Gasteiger partial charge in [-0.3, -0.25) is 24.1 Å². The summed E-state index contributed by atoms with van der Waals surface area (Å²) in [5, 5.41) is 2.73.